The Bertz CT molecular complexity index is 770. The van der Waals surface area contributed by atoms with Crippen LogP contribution in [0, 0.1) is 5.92 Å². The Morgan fingerprint density at radius 1 is 1.20 bits per heavy atom. The van der Waals surface area contributed by atoms with Gasteiger partial charge in [-0.1, -0.05) is 0 Å². The van der Waals surface area contributed by atoms with E-state index in [0.29, 0.717) is 31.2 Å². The van der Waals surface area contributed by atoms with Crippen LogP contribution in [0.2, 0.25) is 0 Å². The SMILES string of the molecule is CN(C)S(=O)(=O)N1C[C@H]2CC[C@@H](C1)N(C(=O)c1cc(C3CC3)[nH]n1)C2. The number of hydrogen-bond acceptors (Lipinski definition) is 4. The number of amides is 1. The molecule has 1 aromatic rings. The van der Waals surface area contributed by atoms with Gasteiger partial charge in [0, 0.05) is 51.4 Å². The van der Waals surface area contributed by atoms with Gasteiger partial charge in [-0.25, -0.2) is 0 Å². The number of piperidine rings is 1. The number of nitrogens with one attached hydrogen (secondary N) is 1. The van der Waals surface area contributed by atoms with Crippen molar-refractivity contribution >= 4 is 16.1 Å². The molecule has 0 aromatic carbocycles. The van der Waals surface area contributed by atoms with Crippen molar-refractivity contribution in [3.05, 3.63) is 17.5 Å². The number of hydrogen-bond donors (Lipinski definition) is 1. The number of H-pyrrole nitrogens is 1. The average molecular weight is 367 g/mol. The standard InChI is InChI=1S/C16H25N5O3S/c1-19(2)25(23,24)20-8-11-3-6-13(10-20)21(9-11)16(22)15-7-14(17-18-15)12-4-5-12/h7,11-13H,3-6,8-10H2,1-2H3,(H,17,18)/t11-,13+/m1/s1. The molecule has 8 nitrogen and oxygen atoms in total. The Balaban J connectivity index is 1.54. The fourth-order valence-electron chi connectivity index (χ4n) is 3.90. The number of aromatic amines is 1. The van der Waals surface area contributed by atoms with Crippen molar-refractivity contribution in [1.29, 1.82) is 0 Å². The van der Waals surface area contributed by atoms with Gasteiger partial charge in [0.1, 0.15) is 5.69 Å². The summed E-state index contributed by atoms with van der Waals surface area (Å²) in [7, 11) is -0.355. The lowest BCUT2D eigenvalue weighted by Gasteiger charge is -2.35. The summed E-state index contributed by atoms with van der Waals surface area (Å²) >= 11 is 0. The molecule has 2 atom stereocenters. The summed E-state index contributed by atoms with van der Waals surface area (Å²) in [5, 5.41) is 7.19. The molecule has 0 unspecified atom stereocenters. The van der Waals surface area contributed by atoms with Gasteiger partial charge in [0.05, 0.1) is 0 Å². The van der Waals surface area contributed by atoms with E-state index in [2.05, 4.69) is 10.2 Å². The van der Waals surface area contributed by atoms with Gasteiger partial charge in [-0.2, -0.15) is 22.1 Å². The predicted molar refractivity (Wildman–Crippen MR) is 92.3 cm³/mol. The summed E-state index contributed by atoms with van der Waals surface area (Å²) in [4.78, 5) is 14.8. The molecule has 0 radical (unpaired) electrons. The number of fused-ring (bicyclic) bond motifs is 4. The third-order valence-corrected chi connectivity index (χ3v) is 7.44. The van der Waals surface area contributed by atoms with Crippen molar-refractivity contribution < 1.29 is 13.2 Å². The minimum Gasteiger partial charge on any atom is -0.333 e. The molecule has 25 heavy (non-hydrogen) atoms. The van der Waals surface area contributed by atoms with Crippen LogP contribution in [-0.2, 0) is 10.2 Å². The summed E-state index contributed by atoms with van der Waals surface area (Å²) in [5.74, 6) is 0.622. The van der Waals surface area contributed by atoms with Crippen LogP contribution < -0.4 is 0 Å². The van der Waals surface area contributed by atoms with E-state index in [1.165, 1.54) is 8.61 Å². The number of nitrogens with zero attached hydrogens (tertiary/aromatic N) is 4. The Kier molecular flexibility index (Phi) is 4.12. The van der Waals surface area contributed by atoms with Crippen molar-refractivity contribution in [2.45, 2.75) is 37.6 Å². The van der Waals surface area contributed by atoms with Crippen molar-refractivity contribution in [2.75, 3.05) is 33.7 Å². The van der Waals surface area contributed by atoms with Crippen molar-refractivity contribution in [2.24, 2.45) is 5.92 Å². The number of aromatic nitrogens is 2. The fourth-order valence-corrected chi connectivity index (χ4v) is 5.13. The monoisotopic (exact) mass is 367 g/mol. The highest BCUT2D eigenvalue weighted by molar-refractivity contribution is 7.86. The first kappa shape index (κ1) is 17.0. The van der Waals surface area contributed by atoms with Crippen LogP contribution >= 0.6 is 0 Å². The number of carbonyl (C=O) groups is 1. The zero-order chi connectivity index (χ0) is 17.8. The van der Waals surface area contributed by atoms with Crippen LogP contribution in [0.25, 0.3) is 0 Å². The second-order valence-electron chi connectivity index (χ2n) is 7.64. The first-order valence-electron chi connectivity index (χ1n) is 8.90. The van der Waals surface area contributed by atoms with Gasteiger partial charge >= 0.3 is 0 Å². The lowest BCUT2D eigenvalue weighted by Crippen LogP contribution is -2.48. The highest BCUT2D eigenvalue weighted by atomic mass is 32.2. The van der Waals surface area contributed by atoms with E-state index in [9.17, 15) is 13.2 Å². The predicted octanol–water partition coefficient (Wildman–Crippen LogP) is 0.630. The van der Waals surface area contributed by atoms with Crippen molar-refractivity contribution in [3.8, 4) is 0 Å². The summed E-state index contributed by atoms with van der Waals surface area (Å²) in [6.45, 7) is 1.45. The van der Waals surface area contributed by atoms with E-state index in [4.69, 9.17) is 0 Å². The van der Waals surface area contributed by atoms with E-state index in [-0.39, 0.29) is 17.9 Å². The first-order valence-corrected chi connectivity index (χ1v) is 10.3. The lowest BCUT2D eigenvalue weighted by atomic mass is 9.94. The molecule has 1 amide bonds. The van der Waals surface area contributed by atoms with Gasteiger partial charge in [-0.3, -0.25) is 9.89 Å². The molecule has 4 fully saturated rings. The average Bonchev–Trinajstić information content (AvgIpc) is 3.37. The molecular weight excluding hydrogens is 342 g/mol. The summed E-state index contributed by atoms with van der Waals surface area (Å²) in [6.07, 6.45) is 4.11. The minimum atomic E-state index is -3.45. The van der Waals surface area contributed by atoms with Gasteiger partial charge in [0.25, 0.3) is 16.1 Å². The number of carbonyl (C=O) groups excluding carboxylic acids is 1. The summed E-state index contributed by atoms with van der Waals surface area (Å²) in [5.41, 5.74) is 1.50. The molecule has 3 saturated heterocycles. The van der Waals surface area contributed by atoms with E-state index in [0.717, 1.165) is 31.4 Å². The highest BCUT2D eigenvalue weighted by Crippen LogP contribution is 2.39. The molecule has 1 N–H and O–H groups in total. The van der Waals surface area contributed by atoms with E-state index < -0.39 is 10.2 Å². The Labute approximate surface area is 148 Å². The first-order chi connectivity index (χ1) is 11.9. The maximum Gasteiger partial charge on any atom is 0.281 e. The lowest BCUT2D eigenvalue weighted by molar-refractivity contribution is 0.0582. The molecular formula is C16H25N5O3S. The van der Waals surface area contributed by atoms with Gasteiger partial charge < -0.3 is 4.90 Å². The van der Waals surface area contributed by atoms with E-state index >= 15 is 0 Å². The third kappa shape index (κ3) is 3.09. The zero-order valence-corrected chi connectivity index (χ0v) is 15.5. The van der Waals surface area contributed by atoms with Crippen LogP contribution in [-0.4, -0.2) is 77.8 Å². The molecule has 4 heterocycles. The van der Waals surface area contributed by atoms with Gasteiger partial charge in [0.2, 0.25) is 0 Å². The van der Waals surface area contributed by atoms with Crippen LogP contribution in [0.15, 0.2) is 6.07 Å². The molecule has 1 aromatic heterocycles. The van der Waals surface area contributed by atoms with Crippen LogP contribution in [0.3, 0.4) is 0 Å². The van der Waals surface area contributed by atoms with Gasteiger partial charge in [0.15, 0.2) is 0 Å². The zero-order valence-electron chi connectivity index (χ0n) is 14.7. The normalized spacial score (nSPS) is 27.7. The molecule has 3 aliphatic heterocycles. The van der Waals surface area contributed by atoms with Crippen LogP contribution in [0.5, 0.6) is 0 Å². The fraction of sp³-hybridized carbons (Fsp3) is 0.750. The summed E-state index contributed by atoms with van der Waals surface area (Å²) in [6, 6.07) is 1.79. The second kappa shape index (κ2) is 6.07. The molecule has 2 bridgehead atoms. The number of rotatable bonds is 4. The quantitative estimate of drug-likeness (QED) is 0.845. The van der Waals surface area contributed by atoms with Crippen LogP contribution in [0.4, 0.5) is 0 Å². The van der Waals surface area contributed by atoms with Crippen LogP contribution in [0.1, 0.15) is 47.8 Å². The molecule has 5 rings (SSSR count). The topological polar surface area (TPSA) is 89.6 Å². The maximum atomic E-state index is 13.0. The molecule has 1 saturated carbocycles. The highest BCUT2D eigenvalue weighted by Gasteiger charge is 2.42. The smallest absolute Gasteiger partial charge is 0.281 e. The molecule has 4 aliphatic rings. The summed E-state index contributed by atoms with van der Waals surface area (Å²) < 4.78 is 27.8. The Morgan fingerprint density at radius 2 is 1.96 bits per heavy atom. The van der Waals surface area contributed by atoms with Gasteiger partial charge in [-0.05, 0) is 37.7 Å². The third-order valence-electron chi connectivity index (χ3n) is 5.56. The van der Waals surface area contributed by atoms with E-state index in [1.54, 1.807) is 14.1 Å². The largest absolute Gasteiger partial charge is 0.333 e. The van der Waals surface area contributed by atoms with Crippen molar-refractivity contribution in [3.63, 3.8) is 0 Å². The minimum absolute atomic E-state index is 0.0814. The molecule has 1 aliphatic carbocycles. The van der Waals surface area contributed by atoms with E-state index in [1.807, 2.05) is 11.0 Å². The molecule has 9 heteroatoms. The maximum absolute atomic E-state index is 13.0. The Hall–Kier alpha value is -1.45. The molecule has 0 spiro atoms. The molecule has 138 valence electrons. The second-order valence-corrected chi connectivity index (χ2v) is 9.79. The van der Waals surface area contributed by atoms with Gasteiger partial charge in [-0.15, -0.1) is 0 Å². The Morgan fingerprint density at radius 3 is 2.64 bits per heavy atom. The van der Waals surface area contributed by atoms with Crippen molar-refractivity contribution in [1.82, 2.24) is 23.7 Å².